The summed E-state index contributed by atoms with van der Waals surface area (Å²) in [5, 5.41) is 6.19. The summed E-state index contributed by atoms with van der Waals surface area (Å²) in [6.07, 6.45) is 1.73. The fraction of sp³-hybridized carbons (Fsp3) is 0.333. The van der Waals surface area contributed by atoms with Crippen LogP contribution >= 0.6 is 0 Å². The van der Waals surface area contributed by atoms with Crippen LogP contribution < -0.4 is 10.6 Å². The largest absolute Gasteiger partial charge is 0.357 e. The van der Waals surface area contributed by atoms with E-state index >= 15 is 0 Å². The minimum absolute atomic E-state index is 0.173. The maximum absolute atomic E-state index is 4.32. The Balaban J connectivity index is 2.15. The van der Waals surface area contributed by atoms with Crippen molar-refractivity contribution in [3.05, 3.63) is 42.1 Å². The highest BCUT2D eigenvalue weighted by Crippen LogP contribution is 2.24. The predicted octanol–water partition coefficient (Wildman–Crippen LogP) is 3.56. The summed E-state index contributed by atoms with van der Waals surface area (Å²) in [6.45, 7) is 6.62. The second-order valence-electron chi connectivity index (χ2n) is 5.47. The first-order valence-electron chi connectivity index (χ1n) is 6.37. The van der Waals surface area contributed by atoms with Crippen molar-refractivity contribution in [2.75, 3.05) is 17.7 Å². The summed E-state index contributed by atoms with van der Waals surface area (Å²) in [5.74, 6) is 1.39. The second kappa shape index (κ2) is 5.26. The third-order valence-corrected chi connectivity index (χ3v) is 2.90. The number of hydrogen-bond donors (Lipinski definition) is 2. The molecule has 1 heterocycles. The van der Waals surface area contributed by atoms with Gasteiger partial charge in [-0.15, -0.1) is 0 Å². The van der Waals surface area contributed by atoms with Gasteiger partial charge >= 0.3 is 0 Å². The maximum Gasteiger partial charge on any atom is 0.224 e. The van der Waals surface area contributed by atoms with Crippen LogP contribution in [0.1, 0.15) is 26.3 Å². The Labute approximate surface area is 114 Å². The number of rotatable bonds is 3. The number of anilines is 3. The van der Waals surface area contributed by atoms with Gasteiger partial charge in [0.15, 0.2) is 0 Å². The molecule has 0 saturated heterocycles. The second-order valence-corrected chi connectivity index (χ2v) is 5.47. The Hall–Kier alpha value is -2.10. The van der Waals surface area contributed by atoms with E-state index in [4.69, 9.17) is 0 Å². The van der Waals surface area contributed by atoms with Gasteiger partial charge in [-0.05, 0) is 29.2 Å². The molecule has 100 valence electrons. The Morgan fingerprint density at radius 3 is 2.26 bits per heavy atom. The third-order valence-electron chi connectivity index (χ3n) is 2.90. The van der Waals surface area contributed by atoms with Gasteiger partial charge in [0.25, 0.3) is 0 Å². The monoisotopic (exact) mass is 256 g/mol. The molecular formula is C15H20N4. The lowest BCUT2D eigenvalue weighted by atomic mass is 9.87. The van der Waals surface area contributed by atoms with Crippen molar-refractivity contribution in [2.45, 2.75) is 26.2 Å². The quantitative estimate of drug-likeness (QED) is 0.881. The minimum atomic E-state index is 0.173. The van der Waals surface area contributed by atoms with Crippen molar-refractivity contribution in [3.63, 3.8) is 0 Å². The molecule has 0 atom stereocenters. The lowest BCUT2D eigenvalue weighted by molar-refractivity contribution is 0.590. The molecule has 0 bridgehead atoms. The number of aromatic nitrogens is 2. The van der Waals surface area contributed by atoms with Crippen LogP contribution in [0.2, 0.25) is 0 Å². The van der Waals surface area contributed by atoms with E-state index in [1.807, 2.05) is 6.07 Å². The Kier molecular flexibility index (Phi) is 3.69. The van der Waals surface area contributed by atoms with Crippen LogP contribution in [0.5, 0.6) is 0 Å². The molecule has 0 aliphatic heterocycles. The zero-order valence-corrected chi connectivity index (χ0v) is 11.9. The molecule has 2 N–H and O–H groups in total. The average Bonchev–Trinajstić information content (AvgIpc) is 2.38. The van der Waals surface area contributed by atoms with Gasteiger partial charge in [0.2, 0.25) is 5.95 Å². The van der Waals surface area contributed by atoms with E-state index in [0.717, 1.165) is 11.5 Å². The molecular weight excluding hydrogens is 236 g/mol. The van der Waals surface area contributed by atoms with Gasteiger partial charge in [0.1, 0.15) is 5.82 Å². The van der Waals surface area contributed by atoms with Gasteiger partial charge in [-0.3, -0.25) is 0 Å². The highest BCUT2D eigenvalue weighted by atomic mass is 15.1. The maximum atomic E-state index is 4.32. The Morgan fingerprint density at radius 2 is 1.68 bits per heavy atom. The van der Waals surface area contributed by atoms with Crippen LogP contribution in [0.15, 0.2) is 36.5 Å². The molecule has 0 radical (unpaired) electrons. The molecule has 0 fully saturated rings. The molecule has 0 unspecified atom stereocenters. The zero-order valence-electron chi connectivity index (χ0n) is 11.9. The summed E-state index contributed by atoms with van der Waals surface area (Å²) in [6, 6.07) is 10.3. The van der Waals surface area contributed by atoms with Gasteiger partial charge < -0.3 is 10.6 Å². The van der Waals surface area contributed by atoms with E-state index in [1.54, 1.807) is 13.2 Å². The zero-order chi connectivity index (χ0) is 13.9. The van der Waals surface area contributed by atoms with Gasteiger partial charge in [-0.25, -0.2) is 4.98 Å². The van der Waals surface area contributed by atoms with Crippen LogP contribution in [0.25, 0.3) is 0 Å². The van der Waals surface area contributed by atoms with Crippen molar-refractivity contribution in [2.24, 2.45) is 0 Å². The number of nitrogens with one attached hydrogen (secondary N) is 2. The first kappa shape index (κ1) is 13.3. The minimum Gasteiger partial charge on any atom is -0.357 e. The molecule has 1 aromatic heterocycles. The van der Waals surface area contributed by atoms with E-state index in [0.29, 0.717) is 5.95 Å². The van der Waals surface area contributed by atoms with Crippen LogP contribution in [0, 0.1) is 0 Å². The van der Waals surface area contributed by atoms with Crippen molar-refractivity contribution < 1.29 is 0 Å². The molecule has 0 saturated carbocycles. The normalized spacial score (nSPS) is 11.2. The highest BCUT2D eigenvalue weighted by Gasteiger charge is 2.12. The number of benzene rings is 1. The standard InChI is InChI=1S/C15H20N4/c1-15(2,3)11-5-7-12(8-6-11)18-13-9-10-17-14(16-4)19-13/h5-10H,1-4H3,(H2,16,17,18,19). The molecule has 2 rings (SSSR count). The third kappa shape index (κ3) is 3.44. The first-order chi connectivity index (χ1) is 8.99. The van der Waals surface area contributed by atoms with Crippen LogP contribution in [0.3, 0.4) is 0 Å². The molecule has 4 nitrogen and oxygen atoms in total. The lowest BCUT2D eigenvalue weighted by Gasteiger charge is -2.19. The van der Waals surface area contributed by atoms with Gasteiger partial charge in [-0.1, -0.05) is 32.9 Å². The number of hydrogen-bond acceptors (Lipinski definition) is 4. The van der Waals surface area contributed by atoms with E-state index in [2.05, 4.69) is 65.6 Å². The van der Waals surface area contributed by atoms with Crippen LogP contribution in [-0.2, 0) is 5.41 Å². The predicted molar refractivity (Wildman–Crippen MR) is 80.0 cm³/mol. The molecule has 2 aromatic rings. The number of nitrogens with zero attached hydrogens (tertiary/aromatic N) is 2. The summed E-state index contributed by atoms with van der Waals surface area (Å²) < 4.78 is 0. The topological polar surface area (TPSA) is 49.8 Å². The van der Waals surface area contributed by atoms with Gasteiger partial charge in [0.05, 0.1) is 0 Å². The Morgan fingerprint density at radius 1 is 1.00 bits per heavy atom. The van der Waals surface area contributed by atoms with Crippen LogP contribution in [-0.4, -0.2) is 17.0 Å². The molecule has 4 heteroatoms. The van der Waals surface area contributed by atoms with Crippen molar-refractivity contribution in [1.82, 2.24) is 9.97 Å². The molecule has 19 heavy (non-hydrogen) atoms. The summed E-state index contributed by atoms with van der Waals surface area (Å²) in [4.78, 5) is 8.41. The summed E-state index contributed by atoms with van der Waals surface area (Å²) >= 11 is 0. The molecule has 0 amide bonds. The van der Waals surface area contributed by atoms with Gasteiger partial charge in [-0.2, -0.15) is 4.98 Å². The smallest absolute Gasteiger partial charge is 0.224 e. The Bertz CT molecular complexity index is 541. The van der Waals surface area contributed by atoms with E-state index in [9.17, 15) is 0 Å². The van der Waals surface area contributed by atoms with Crippen molar-refractivity contribution in [1.29, 1.82) is 0 Å². The molecule has 0 aliphatic carbocycles. The molecule has 0 aliphatic rings. The summed E-state index contributed by atoms with van der Waals surface area (Å²) in [7, 11) is 1.80. The average molecular weight is 256 g/mol. The highest BCUT2D eigenvalue weighted by molar-refractivity contribution is 5.57. The van der Waals surface area contributed by atoms with Crippen LogP contribution in [0.4, 0.5) is 17.5 Å². The van der Waals surface area contributed by atoms with E-state index in [-0.39, 0.29) is 5.41 Å². The SMILES string of the molecule is CNc1nccc(Nc2ccc(C(C)(C)C)cc2)n1. The fourth-order valence-electron chi connectivity index (χ4n) is 1.75. The van der Waals surface area contributed by atoms with Crippen molar-refractivity contribution in [3.8, 4) is 0 Å². The molecule has 1 aromatic carbocycles. The fourth-order valence-corrected chi connectivity index (χ4v) is 1.75. The van der Waals surface area contributed by atoms with E-state index < -0.39 is 0 Å². The first-order valence-corrected chi connectivity index (χ1v) is 6.37. The lowest BCUT2D eigenvalue weighted by Crippen LogP contribution is -2.10. The molecule has 0 spiro atoms. The van der Waals surface area contributed by atoms with Gasteiger partial charge in [0, 0.05) is 18.9 Å². The van der Waals surface area contributed by atoms with E-state index in [1.165, 1.54) is 5.56 Å². The summed E-state index contributed by atoms with van der Waals surface area (Å²) in [5.41, 5.74) is 2.51. The van der Waals surface area contributed by atoms with Crippen molar-refractivity contribution >= 4 is 17.5 Å².